The van der Waals surface area contributed by atoms with Gasteiger partial charge in [0.15, 0.2) is 0 Å². The zero-order valence-electron chi connectivity index (χ0n) is 20.5. The first kappa shape index (κ1) is 27.7. The van der Waals surface area contributed by atoms with E-state index in [0.29, 0.717) is 17.3 Å². The van der Waals surface area contributed by atoms with E-state index in [0.717, 1.165) is 27.4 Å². The molecule has 0 bridgehead atoms. The van der Waals surface area contributed by atoms with E-state index in [-0.39, 0.29) is 33.6 Å². The number of hydrogen-bond acceptors (Lipinski definition) is 6. The molecule has 1 heterocycles. The lowest BCUT2D eigenvalue weighted by Gasteiger charge is -2.09. The molecule has 3 aromatic rings. The predicted molar refractivity (Wildman–Crippen MR) is 155 cm³/mol. The average Bonchev–Trinajstić information content (AvgIpc) is 3.19. The van der Waals surface area contributed by atoms with Crippen molar-refractivity contribution in [3.8, 4) is 5.75 Å². The molecule has 38 heavy (non-hydrogen) atoms. The van der Waals surface area contributed by atoms with E-state index in [2.05, 4.69) is 20.9 Å². The molecule has 9 heteroatoms. The van der Waals surface area contributed by atoms with E-state index in [1.807, 2.05) is 49.4 Å². The molecule has 0 aromatic heterocycles. The molecule has 0 saturated carbocycles. The van der Waals surface area contributed by atoms with Crippen LogP contribution in [-0.2, 0) is 16.1 Å². The third-order valence-electron chi connectivity index (χ3n) is 5.45. The predicted octanol–water partition coefficient (Wildman–Crippen LogP) is 7.69. The number of carbonyl (C=O) groups is 2. The van der Waals surface area contributed by atoms with Crippen molar-refractivity contribution in [3.05, 3.63) is 115 Å². The highest BCUT2D eigenvalue weighted by atomic mass is 79.9. The van der Waals surface area contributed by atoms with E-state index in [9.17, 15) is 14.7 Å². The molecule has 1 aliphatic rings. The van der Waals surface area contributed by atoms with Gasteiger partial charge in [-0.1, -0.05) is 71.4 Å². The first-order valence-corrected chi connectivity index (χ1v) is 13.6. The molecular weight excluding hydrogens is 590 g/mol. The molecular formula is C29H23BrClNO5S. The fourth-order valence-electron chi connectivity index (χ4n) is 3.50. The van der Waals surface area contributed by atoms with Crippen LogP contribution in [0.1, 0.15) is 34.0 Å². The van der Waals surface area contributed by atoms with Crippen molar-refractivity contribution in [1.29, 1.82) is 0 Å². The van der Waals surface area contributed by atoms with Crippen LogP contribution >= 0.6 is 39.3 Å². The summed E-state index contributed by atoms with van der Waals surface area (Å²) in [5.41, 5.74) is 2.99. The number of halogens is 2. The van der Waals surface area contributed by atoms with Gasteiger partial charge in [0.2, 0.25) is 0 Å². The quantitative estimate of drug-likeness (QED) is 0.275. The standard InChI is InChI=1S/C29H23BrClNO5S/c1-3-36-29(35)25-26(33)24(38-28(25)32-27(34)20-6-4-5-7-22(20)31)15-19-12-13-23(21(30)14-19)37-16-18-10-8-17(2)9-11-18/h4-15,33H,3,16H2,1-2H3/b24-15-,32-28?. The van der Waals surface area contributed by atoms with Crippen LogP contribution in [0.5, 0.6) is 5.75 Å². The minimum absolute atomic E-state index is 0.0363. The number of nitrogens with zero attached hydrogens (tertiary/aromatic N) is 1. The van der Waals surface area contributed by atoms with Crippen LogP contribution in [-0.4, -0.2) is 28.6 Å². The van der Waals surface area contributed by atoms with Crippen molar-refractivity contribution in [2.45, 2.75) is 20.5 Å². The molecule has 0 saturated heterocycles. The second-order valence-electron chi connectivity index (χ2n) is 8.22. The molecule has 0 aliphatic carbocycles. The highest BCUT2D eigenvalue weighted by Crippen LogP contribution is 2.40. The monoisotopic (exact) mass is 611 g/mol. The lowest BCUT2D eigenvalue weighted by atomic mass is 10.1. The second-order valence-corrected chi connectivity index (χ2v) is 10.5. The number of benzene rings is 3. The van der Waals surface area contributed by atoms with E-state index < -0.39 is 11.9 Å². The van der Waals surface area contributed by atoms with Gasteiger partial charge >= 0.3 is 5.97 Å². The minimum Gasteiger partial charge on any atom is -0.506 e. The van der Waals surface area contributed by atoms with Crippen molar-refractivity contribution in [1.82, 2.24) is 0 Å². The largest absolute Gasteiger partial charge is 0.506 e. The van der Waals surface area contributed by atoms with Gasteiger partial charge in [0.1, 0.15) is 28.7 Å². The van der Waals surface area contributed by atoms with Crippen molar-refractivity contribution in [3.63, 3.8) is 0 Å². The van der Waals surface area contributed by atoms with Gasteiger partial charge in [0.25, 0.3) is 5.91 Å². The maximum Gasteiger partial charge on any atom is 0.344 e. The normalized spacial score (nSPS) is 15.3. The van der Waals surface area contributed by atoms with Crippen LogP contribution < -0.4 is 4.74 Å². The fraction of sp³-hybridized carbons (Fsp3) is 0.138. The maximum atomic E-state index is 12.8. The minimum atomic E-state index is -0.771. The van der Waals surface area contributed by atoms with Gasteiger partial charge in [-0.05, 0) is 71.2 Å². The van der Waals surface area contributed by atoms with Crippen LogP contribution in [0, 0.1) is 6.92 Å². The Labute approximate surface area is 238 Å². The number of rotatable bonds is 7. The molecule has 194 valence electrons. The third-order valence-corrected chi connectivity index (χ3v) is 7.42. The van der Waals surface area contributed by atoms with E-state index in [1.54, 1.807) is 37.3 Å². The Morgan fingerprint density at radius 2 is 1.84 bits per heavy atom. The fourth-order valence-corrected chi connectivity index (χ4v) is 5.24. The van der Waals surface area contributed by atoms with Gasteiger partial charge in [-0.3, -0.25) is 4.79 Å². The number of amides is 1. The molecule has 0 spiro atoms. The van der Waals surface area contributed by atoms with E-state index in [4.69, 9.17) is 21.1 Å². The zero-order valence-corrected chi connectivity index (χ0v) is 23.7. The third kappa shape index (κ3) is 6.56. The van der Waals surface area contributed by atoms with Crippen molar-refractivity contribution in [2.24, 2.45) is 4.99 Å². The van der Waals surface area contributed by atoms with Gasteiger partial charge in [0, 0.05) is 0 Å². The smallest absolute Gasteiger partial charge is 0.344 e. The first-order chi connectivity index (χ1) is 18.3. The Hall–Kier alpha value is -3.33. The highest BCUT2D eigenvalue weighted by molar-refractivity contribution is 9.10. The highest BCUT2D eigenvalue weighted by Gasteiger charge is 2.34. The van der Waals surface area contributed by atoms with E-state index >= 15 is 0 Å². The Morgan fingerprint density at radius 1 is 1.11 bits per heavy atom. The molecule has 1 N–H and O–H groups in total. The summed E-state index contributed by atoms with van der Waals surface area (Å²) in [5.74, 6) is -1.05. The summed E-state index contributed by atoms with van der Waals surface area (Å²) in [7, 11) is 0. The zero-order chi connectivity index (χ0) is 27.2. The van der Waals surface area contributed by atoms with Gasteiger partial charge in [0.05, 0.1) is 26.6 Å². The van der Waals surface area contributed by atoms with Crippen LogP contribution in [0.4, 0.5) is 0 Å². The molecule has 4 rings (SSSR count). The number of hydrogen-bond donors (Lipinski definition) is 1. The van der Waals surface area contributed by atoms with Crippen molar-refractivity contribution in [2.75, 3.05) is 6.61 Å². The second kappa shape index (κ2) is 12.5. The Balaban J connectivity index is 1.59. The van der Waals surface area contributed by atoms with Crippen LogP contribution in [0.15, 0.2) is 92.4 Å². The number of aliphatic imine (C=N–C) groups is 1. The Morgan fingerprint density at radius 3 is 2.53 bits per heavy atom. The van der Waals surface area contributed by atoms with Crippen molar-refractivity contribution < 1.29 is 24.2 Å². The van der Waals surface area contributed by atoms with Gasteiger partial charge < -0.3 is 14.6 Å². The summed E-state index contributed by atoms with van der Waals surface area (Å²) in [5, 5.41) is 11.2. The number of aryl methyl sites for hydroxylation is 1. The summed E-state index contributed by atoms with van der Waals surface area (Å²) in [6, 6.07) is 20.1. The number of ether oxygens (including phenoxy) is 2. The molecule has 0 fully saturated rings. The SMILES string of the molecule is CCOC(=O)C1=C(O)/C(=C/c2ccc(OCc3ccc(C)cc3)c(Br)c2)SC1=NC(=O)c1ccccc1Cl. The molecule has 6 nitrogen and oxygen atoms in total. The lowest BCUT2D eigenvalue weighted by molar-refractivity contribution is -0.138. The Bertz CT molecular complexity index is 1480. The molecule has 3 aromatic carbocycles. The number of carbonyl (C=O) groups excluding carboxylic acids is 2. The molecule has 0 radical (unpaired) electrons. The Kier molecular flexibility index (Phi) is 9.09. The number of aliphatic hydroxyl groups is 1. The number of aliphatic hydroxyl groups excluding tert-OH is 1. The summed E-state index contributed by atoms with van der Waals surface area (Å²) in [4.78, 5) is 29.9. The van der Waals surface area contributed by atoms with Crippen LogP contribution in [0.2, 0.25) is 5.02 Å². The van der Waals surface area contributed by atoms with Gasteiger partial charge in [-0.2, -0.15) is 0 Å². The number of thioether (sulfide) groups is 1. The average molecular weight is 613 g/mol. The molecule has 1 amide bonds. The lowest BCUT2D eigenvalue weighted by Crippen LogP contribution is -2.14. The summed E-state index contributed by atoms with van der Waals surface area (Å²) in [6.07, 6.45) is 1.69. The summed E-state index contributed by atoms with van der Waals surface area (Å²) < 4.78 is 11.8. The molecule has 0 atom stereocenters. The molecule has 0 unspecified atom stereocenters. The van der Waals surface area contributed by atoms with Gasteiger partial charge in [-0.15, -0.1) is 0 Å². The molecule has 1 aliphatic heterocycles. The maximum absolute atomic E-state index is 12.8. The summed E-state index contributed by atoms with van der Waals surface area (Å²) in [6.45, 7) is 4.20. The van der Waals surface area contributed by atoms with Crippen LogP contribution in [0.3, 0.4) is 0 Å². The van der Waals surface area contributed by atoms with Crippen LogP contribution in [0.25, 0.3) is 6.08 Å². The van der Waals surface area contributed by atoms with Crippen molar-refractivity contribution >= 4 is 62.3 Å². The summed E-state index contributed by atoms with van der Waals surface area (Å²) >= 11 is 10.7. The first-order valence-electron chi connectivity index (χ1n) is 11.6. The number of esters is 1. The topological polar surface area (TPSA) is 85.2 Å². The van der Waals surface area contributed by atoms with E-state index in [1.165, 1.54) is 5.56 Å². The van der Waals surface area contributed by atoms with Gasteiger partial charge in [-0.25, -0.2) is 9.79 Å².